The molecule has 2 aromatic rings. The standard InChI is InChI=1S/C24H25F3N2O7/c1-33-22(32)18-13-29(9-10-30)21(31)20(18)28-15-7-8-19(17(12-15)23(34-2)35-3)36-16-6-4-5-14(11-16)24(25,26)27/h4-8,11-12,23,28,30H,9-10,13H2,1-3H3. The van der Waals surface area contributed by atoms with E-state index in [1.165, 1.54) is 56.6 Å². The van der Waals surface area contributed by atoms with Gasteiger partial charge in [0.05, 0.1) is 37.0 Å². The lowest BCUT2D eigenvalue weighted by Gasteiger charge is -2.20. The third-order valence-corrected chi connectivity index (χ3v) is 5.30. The number of benzene rings is 2. The molecule has 0 saturated carbocycles. The van der Waals surface area contributed by atoms with Crippen LogP contribution in [0.15, 0.2) is 53.7 Å². The van der Waals surface area contributed by atoms with E-state index in [1.807, 2.05) is 0 Å². The van der Waals surface area contributed by atoms with Crippen LogP contribution in [0.25, 0.3) is 0 Å². The average molecular weight is 510 g/mol. The molecule has 12 heteroatoms. The molecule has 36 heavy (non-hydrogen) atoms. The Morgan fingerprint density at radius 1 is 1.14 bits per heavy atom. The summed E-state index contributed by atoms with van der Waals surface area (Å²) in [6.45, 7) is -0.311. The summed E-state index contributed by atoms with van der Waals surface area (Å²) >= 11 is 0. The first kappa shape index (κ1) is 27.0. The molecular weight excluding hydrogens is 485 g/mol. The minimum absolute atomic E-state index is 0.0228. The van der Waals surface area contributed by atoms with Crippen molar-refractivity contribution < 1.29 is 46.8 Å². The van der Waals surface area contributed by atoms with E-state index in [0.717, 1.165) is 12.1 Å². The van der Waals surface area contributed by atoms with E-state index in [1.54, 1.807) is 0 Å². The van der Waals surface area contributed by atoms with Crippen LogP contribution < -0.4 is 10.1 Å². The highest BCUT2D eigenvalue weighted by Crippen LogP contribution is 2.37. The number of carbonyl (C=O) groups excluding carboxylic acids is 2. The Bertz CT molecular complexity index is 1150. The van der Waals surface area contributed by atoms with Crippen molar-refractivity contribution in [2.24, 2.45) is 0 Å². The first-order valence-corrected chi connectivity index (χ1v) is 10.7. The molecule has 0 radical (unpaired) electrons. The summed E-state index contributed by atoms with van der Waals surface area (Å²) in [5.41, 5.74) is -0.170. The maximum Gasteiger partial charge on any atom is 0.416 e. The molecule has 194 valence electrons. The highest BCUT2D eigenvalue weighted by molar-refractivity contribution is 6.08. The van der Waals surface area contributed by atoms with Gasteiger partial charge in [-0.25, -0.2) is 4.79 Å². The second-order valence-corrected chi connectivity index (χ2v) is 7.60. The number of hydrogen-bond acceptors (Lipinski definition) is 8. The number of hydrogen-bond donors (Lipinski definition) is 2. The fourth-order valence-electron chi connectivity index (χ4n) is 3.61. The molecule has 1 aliphatic rings. The second kappa shape index (κ2) is 11.4. The highest BCUT2D eigenvalue weighted by atomic mass is 19.4. The topological polar surface area (TPSA) is 107 Å². The monoisotopic (exact) mass is 510 g/mol. The fraction of sp³-hybridized carbons (Fsp3) is 0.333. The molecule has 1 aliphatic heterocycles. The summed E-state index contributed by atoms with van der Waals surface area (Å²) in [5, 5.41) is 12.1. The van der Waals surface area contributed by atoms with Gasteiger partial charge in [-0.1, -0.05) is 6.07 Å². The average Bonchev–Trinajstić information content (AvgIpc) is 3.15. The van der Waals surface area contributed by atoms with E-state index in [0.29, 0.717) is 11.3 Å². The van der Waals surface area contributed by atoms with Crippen molar-refractivity contribution >= 4 is 17.6 Å². The van der Waals surface area contributed by atoms with Crippen LogP contribution in [0.5, 0.6) is 11.5 Å². The smallest absolute Gasteiger partial charge is 0.416 e. The number of nitrogens with one attached hydrogen (secondary N) is 1. The lowest BCUT2D eigenvalue weighted by atomic mass is 10.1. The number of aliphatic hydroxyl groups excluding tert-OH is 1. The summed E-state index contributed by atoms with van der Waals surface area (Å²) in [4.78, 5) is 26.3. The van der Waals surface area contributed by atoms with E-state index in [9.17, 15) is 27.9 Å². The molecule has 1 amide bonds. The van der Waals surface area contributed by atoms with Crippen LogP contribution in [0.3, 0.4) is 0 Å². The number of alkyl halides is 3. The van der Waals surface area contributed by atoms with Crippen molar-refractivity contribution in [3.05, 3.63) is 64.9 Å². The number of halogens is 3. The normalized spacial score (nSPS) is 14.0. The third-order valence-electron chi connectivity index (χ3n) is 5.30. The molecule has 0 aliphatic carbocycles. The second-order valence-electron chi connectivity index (χ2n) is 7.60. The largest absolute Gasteiger partial charge is 0.466 e. The maximum atomic E-state index is 13.1. The predicted molar refractivity (Wildman–Crippen MR) is 121 cm³/mol. The SMILES string of the molecule is COC(=O)C1=C(Nc2ccc(Oc3cccc(C(F)(F)F)c3)c(C(OC)OC)c2)C(=O)N(CCO)C1. The van der Waals surface area contributed by atoms with Crippen molar-refractivity contribution in [2.45, 2.75) is 12.5 Å². The molecule has 9 nitrogen and oxygen atoms in total. The molecule has 0 bridgehead atoms. The first-order valence-electron chi connectivity index (χ1n) is 10.7. The highest BCUT2D eigenvalue weighted by Gasteiger charge is 2.35. The molecule has 3 rings (SSSR count). The minimum Gasteiger partial charge on any atom is -0.466 e. The van der Waals surface area contributed by atoms with Gasteiger partial charge < -0.3 is 34.3 Å². The van der Waals surface area contributed by atoms with Crippen molar-refractivity contribution in [1.82, 2.24) is 4.90 Å². The zero-order valence-corrected chi connectivity index (χ0v) is 19.7. The number of amides is 1. The number of methoxy groups -OCH3 is 3. The van der Waals surface area contributed by atoms with Crippen LogP contribution in [0, 0.1) is 0 Å². The van der Waals surface area contributed by atoms with E-state index in [2.05, 4.69) is 5.32 Å². The molecule has 0 aromatic heterocycles. The molecule has 0 fully saturated rings. The van der Waals surface area contributed by atoms with Gasteiger partial charge in [-0.15, -0.1) is 0 Å². The number of esters is 1. The van der Waals surface area contributed by atoms with Gasteiger partial charge in [-0.2, -0.15) is 13.2 Å². The number of ether oxygens (including phenoxy) is 4. The third kappa shape index (κ3) is 5.96. The maximum absolute atomic E-state index is 13.1. The van der Waals surface area contributed by atoms with Crippen LogP contribution in [-0.2, 0) is 30.0 Å². The van der Waals surface area contributed by atoms with Crippen LogP contribution in [0.4, 0.5) is 18.9 Å². The molecule has 2 N–H and O–H groups in total. The molecule has 1 heterocycles. The zero-order valence-electron chi connectivity index (χ0n) is 19.7. The van der Waals surface area contributed by atoms with E-state index in [4.69, 9.17) is 18.9 Å². The quantitative estimate of drug-likeness (QED) is 0.370. The Kier molecular flexibility index (Phi) is 8.56. The summed E-state index contributed by atoms with van der Waals surface area (Å²) in [5.74, 6) is -1.12. The molecule has 0 spiro atoms. The van der Waals surface area contributed by atoms with Crippen LogP contribution in [0.1, 0.15) is 17.4 Å². The van der Waals surface area contributed by atoms with Gasteiger partial charge in [0, 0.05) is 26.5 Å². The van der Waals surface area contributed by atoms with Gasteiger partial charge >= 0.3 is 12.1 Å². The van der Waals surface area contributed by atoms with Crippen molar-refractivity contribution in [3.8, 4) is 11.5 Å². The fourth-order valence-corrected chi connectivity index (χ4v) is 3.61. The Morgan fingerprint density at radius 2 is 1.86 bits per heavy atom. The molecule has 0 unspecified atom stereocenters. The molecule has 0 saturated heterocycles. The Hall–Kier alpha value is -3.61. The Balaban J connectivity index is 1.97. The van der Waals surface area contributed by atoms with Gasteiger partial charge in [0.1, 0.15) is 17.2 Å². The van der Waals surface area contributed by atoms with E-state index >= 15 is 0 Å². The van der Waals surface area contributed by atoms with Crippen molar-refractivity contribution in [3.63, 3.8) is 0 Å². The number of β-amino-alcohol motifs (C(OH)–C–C–N with tert-alkyl or cyclic N) is 1. The van der Waals surface area contributed by atoms with Crippen LogP contribution >= 0.6 is 0 Å². The lowest BCUT2D eigenvalue weighted by Crippen LogP contribution is -2.31. The summed E-state index contributed by atoms with van der Waals surface area (Å²) in [6, 6.07) is 8.89. The van der Waals surface area contributed by atoms with E-state index < -0.39 is 29.9 Å². The van der Waals surface area contributed by atoms with Gasteiger partial charge in [0.2, 0.25) is 0 Å². The number of anilines is 1. The molecule has 0 atom stereocenters. The van der Waals surface area contributed by atoms with Crippen molar-refractivity contribution in [2.75, 3.05) is 46.3 Å². The van der Waals surface area contributed by atoms with Gasteiger partial charge in [0.25, 0.3) is 5.91 Å². The number of aliphatic hydroxyl groups is 1. The number of carbonyl (C=O) groups is 2. The van der Waals surface area contributed by atoms with Gasteiger partial charge in [-0.3, -0.25) is 4.79 Å². The summed E-state index contributed by atoms with van der Waals surface area (Å²) in [7, 11) is 3.92. The van der Waals surface area contributed by atoms with E-state index in [-0.39, 0.29) is 42.5 Å². The van der Waals surface area contributed by atoms with Crippen LogP contribution in [-0.4, -0.2) is 62.9 Å². The molecule has 2 aromatic carbocycles. The lowest BCUT2D eigenvalue weighted by molar-refractivity contribution is -0.138. The Labute approximate surface area is 205 Å². The van der Waals surface area contributed by atoms with Crippen LogP contribution in [0.2, 0.25) is 0 Å². The summed E-state index contributed by atoms with van der Waals surface area (Å²) in [6.07, 6.45) is -5.51. The van der Waals surface area contributed by atoms with Gasteiger partial charge in [0.15, 0.2) is 6.29 Å². The minimum atomic E-state index is -4.54. The summed E-state index contributed by atoms with van der Waals surface area (Å²) < 4.78 is 60.4. The Morgan fingerprint density at radius 3 is 2.47 bits per heavy atom. The number of nitrogens with zero attached hydrogens (tertiary/aromatic N) is 1. The van der Waals surface area contributed by atoms with Gasteiger partial charge in [-0.05, 0) is 36.4 Å². The van der Waals surface area contributed by atoms with Crippen molar-refractivity contribution in [1.29, 1.82) is 0 Å². The zero-order chi connectivity index (χ0) is 26.5. The predicted octanol–water partition coefficient (Wildman–Crippen LogP) is 3.46. The number of rotatable bonds is 10. The molecular formula is C24H25F3N2O7. The first-order chi connectivity index (χ1) is 17.1.